The van der Waals surface area contributed by atoms with Crippen molar-refractivity contribution in [1.82, 2.24) is 5.32 Å². The van der Waals surface area contributed by atoms with Crippen molar-refractivity contribution >= 4 is 22.8 Å². The lowest BCUT2D eigenvalue weighted by Gasteiger charge is -2.10. The fraction of sp³-hybridized carbons (Fsp3) is 0.400. The summed E-state index contributed by atoms with van der Waals surface area (Å²) >= 11 is 5.25. The van der Waals surface area contributed by atoms with E-state index in [9.17, 15) is 9.59 Å². The van der Waals surface area contributed by atoms with Crippen molar-refractivity contribution in [3.8, 4) is 5.75 Å². The van der Waals surface area contributed by atoms with Gasteiger partial charge in [0.1, 0.15) is 18.1 Å². The zero-order valence-electron chi connectivity index (χ0n) is 15.1. The van der Waals surface area contributed by atoms with Gasteiger partial charge in [0.05, 0.1) is 0 Å². The molecule has 1 amide bonds. The Bertz CT molecular complexity index is 724. The van der Waals surface area contributed by atoms with Gasteiger partial charge >= 0.3 is 0 Å². The van der Waals surface area contributed by atoms with Crippen LogP contribution < -0.4 is 10.1 Å². The zero-order valence-corrected chi connectivity index (χ0v) is 15.8. The molecule has 140 valence electrons. The molecular weight excluding hydrogens is 354 g/mol. The maximum atomic E-state index is 11.9. The Hall–Kier alpha value is -2.27. The van der Waals surface area contributed by atoms with Crippen molar-refractivity contribution in [2.45, 2.75) is 45.6 Å². The topological polar surface area (TPSA) is 68.5 Å². The fourth-order valence-electron chi connectivity index (χ4n) is 2.38. The van der Waals surface area contributed by atoms with Crippen molar-refractivity contribution in [2.75, 3.05) is 6.54 Å². The van der Waals surface area contributed by atoms with Gasteiger partial charge < -0.3 is 14.5 Å². The van der Waals surface area contributed by atoms with Crippen LogP contribution in [0.25, 0.3) is 0 Å². The van der Waals surface area contributed by atoms with Gasteiger partial charge in [-0.2, -0.15) is 0 Å². The molecule has 1 aromatic carbocycles. The standard InChI is InChI=1S/C20H24ClNO4/c1-3-14(2)15-6-8-16(9-7-15)25-13-17-10-11-18(26-17)20(24)22-12-4-5-19(21)23/h6-11,14H,3-5,12-13H2,1-2H3,(H,22,24). The summed E-state index contributed by atoms with van der Waals surface area (Å²) in [5, 5.41) is 2.27. The molecule has 0 spiro atoms. The summed E-state index contributed by atoms with van der Waals surface area (Å²) in [5.41, 5.74) is 1.28. The number of hydrogen-bond acceptors (Lipinski definition) is 4. The van der Waals surface area contributed by atoms with E-state index in [2.05, 4.69) is 31.3 Å². The van der Waals surface area contributed by atoms with Gasteiger partial charge in [0, 0.05) is 13.0 Å². The third-order valence-electron chi connectivity index (χ3n) is 4.16. The molecule has 1 N–H and O–H groups in total. The van der Waals surface area contributed by atoms with Crippen LogP contribution in [0.4, 0.5) is 0 Å². The predicted octanol–water partition coefficient (Wildman–Crippen LogP) is 4.65. The third-order valence-corrected chi connectivity index (χ3v) is 4.35. The Morgan fingerprint density at radius 1 is 1.19 bits per heavy atom. The van der Waals surface area contributed by atoms with Gasteiger partial charge in [-0.25, -0.2) is 0 Å². The Morgan fingerprint density at radius 2 is 1.92 bits per heavy atom. The lowest BCUT2D eigenvalue weighted by Crippen LogP contribution is -2.24. The number of amides is 1. The van der Waals surface area contributed by atoms with E-state index >= 15 is 0 Å². The molecule has 0 saturated carbocycles. The highest BCUT2D eigenvalue weighted by molar-refractivity contribution is 6.63. The van der Waals surface area contributed by atoms with E-state index in [-0.39, 0.29) is 24.7 Å². The summed E-state index contributed by atoms with van der Waals surface area (Å²) in [6, 6.07) is 11.3. The van der Waals surface area contributed by atoms with Crippen molar-refractivity contribution < 1.29 is 18.7 Å². The number of nitrogens with one attached hydrogen (secondary N) is 1. The Morgan fingerprint density at radius 3 is 2.58 bits per heavy atom. The minimum atomic E-state index is -0.408. The number of carbonyl (C=O) groups excluding carboxylic acids is 2. The van der Waals surface area contributed by atoms with Crippen LogP contribution in [0.5, 0.6) is 5.75 Å². The number of rotatable bonds is 10. The second-order valence-electron chi connectivity index (χ2n) is 6.15. The van der Waals surface area contributed by atoms with E-state index in [1.165, 1.54) is 5.56 Å². The molecule has 1 atom stereocenters. The molecule has 0 aliphatic carbocycles. The first-order chi connectivity index (χ1) is 12.5. The minimum absolute atomic E-state index is 0.216. The van der Waals surface area contributed by atoms with Crippen LogP contribution in [-0.2, 0) is 11.4 Å². The van der Waals surface area contributed by atoms with Gasteiger partial charge in [-0.3, -0.25) is 9.59 Å². The largest absolute Gasteiger partial charge is 0.486 e. The number of halogens is 1. The van der Waals surface area contributed by atoms with Gasteiger partial charge in [0.15, 0.2) is 5.76 Å². The number of benzene rings is 1. The fourth-order valence-corrected chi connectivity index (χ4v) is 2.51. The monoisotopic (exact) mass is 377 g/mol. The Labute approximate surface area is 158 Å². The summed E-state index contributed by atoms with van der Waals surface area (Å²) in [6.45, 7) is 4.97. The lowest BCUT2D eigenvalue weighted by molar-refractivity contribution is -0.111. The lowest BCUT2D eigenvalue weighted by atomic mass is 9.99. The predicted molar refractivity (Wildman–Crippen MR) is 101 cm³/mol. The summed E-state index contributed by atoms with van der Waals surface area (Å²) in [7, 11) is 0. The minimum Gasteiger partial charge on any atom is -0.486 e. The van der Waals surface area contributed by atoms with Crippen molar-refractivity contribution in [2.24, 2.45) is 0 Å². The van der Waals surface area contributed by atoms with E-state index in [1.54, 1.807) is 12.1 Å². The molecule has 1 heterocycles. The van der Waals surface area contributed by atoms with Crippen LogP contribution in [0.1, 0.15) is 60.9 Å². The van der Waals surface area contributed by atoms with Crippen LogP contribution in [-0.4, -0.2) is 17.7 Å². The summed E-state index contributed by atoms with van der Waals surface area (Å²) in [5.74, 6) is 1.74. The number of hydrogen-bond donors (Lipinski definition) is 1. The van der Waals surface area contributed by atoms with E-state index in [1.807, 2.05) is 12.1 Å². The zero-order chi connectivity index (χ0) is 18.9. The number of carbonyl (C=O) groups is 2. The molecule has 0 aliphatic heterocycles. The maximum absolute atomic E-state index is 11.9. The van der Waals surface area contributed by atoms with Crippen LogP contribution in [0.15, 0.2) is 40.8 Å². The van der Waals surface area contributed by atoms with Crippen molar-refractivity contribution in [3.05, 3.63) is 53.5 Å². The smallest absolute Gasteiger partial charge is 0.286 e. The molecule has 0 fully saturated rings. The average molecular weight is 378 g/mol. The highest BCUT2D eigenvalue weighted by Crippen LogP contribution is 2.22. The summed E-state index contributed by atoms with van der Waals surface area (Å²) in [4.78, 5) is 22.6. The second-order valence-corrected chi connectivity index (χ2v) is 6.57. The van der Waals surface area contributed by atoms with E-state index in [0.717, 1.165) is 12.2 Å². The molecule has 0 bridgehead atoms. The van der Waals surface area contributed by atoms with Gasteiger partial charge in [-0.15, -0.1) is 0 Å². The SMILES string of the molecule is CCC(C)c1ccc(OCc2ccc(C(=O)NCCCC(=O)Cl)o2)cc1. The second kappa shape index (κ2) is 10.0. The Balaban J connectivity index is 1.80. The van der Waals surface area contributed by atoms with Crippen LogP contribution in [0, 0.1) is 0 Å². The van der Waals surface area contributed by atoms with Crippen LogP contribution >= 0.6 is 11.6 Å². The van der Waals surface area contributed by atoms with Gasteiger partial charge in [-0.05, 0) is 60.2 Å². The van der Waals surface area contributed by atoms with E-state index in [4.69, 9.17) is 20.8 Å². The van der Waals surface area contributed by atoms with Gasteiger partial charge in [0.2, 0.25) is 5.24 Å². The molecule has 26 heavy (non-hydrogen) atoms. The molecular formula is C20H24ClNO4. The van der Waals surface area contributed by atoms with Crippen LogP contribution in [0.2, 0.25) is 0 Å². The number of furan rings is 1. The van der Waals surface area contributed by atoms with E-state index in [0.29, 0.717) is 24.6 Å². The van der Waals surface area contributed by atoms with Crippen molar-refractivity contribution in [1.29, 1.82) is 0 Å². The maximum Gasteiger partial charge on any atom is 0.286 e. The molecule has 5 nitrogen and oxygen atoms in total. The summed E-state index contributed by atoms with van der Waals surface area (Å²) in [6.07, 6.45) is 1.83. The highest BCUT2D eigenvalue weighted by atomic mass is 35.5. The van der Waals surface area contributed by atoms with Gasteiger partial charge in [0.25, 0.3) is 5.91 Å². The quantitative estimate of drug-likeness (QED) is 0.483. The molecule has 0 aliphatic rings. The molecule has 2 rings (SSSR count). The van der Waals surface area contributed by atoms with E-state index < -0.39 is 5.24 Å². The third kappa shape index (κ3) is 6.23. The summed E-state index contributed by atoms with van der Waals surface area (Å²) < 4.78 is 11.2. The highest BCUT2D eigenvalue weighted by Gasteiger charge is 2.11. The normalized spacial score (nSPS) is 11.8. The molecule has 1 aromatic heterocycles. The average Bonchev–Trinajstić information content (AvgIpc) is 3.12. The van der Waals surface area contributed by atoms with Crippen LogP contribution in [0.3, 0.4) is 0 Å². The molecule has 6 heteroatoms. The molecule has 0 radical (unpaired) electrons. The molecule has 0 saturated heterocycles. The number of ether oxygens (including phenoxy) is 1. The first-order valence-corrected chi connectivity index (χ1v) is 9.15. The Kier molecular flexibility index (Phi) is 7.73. The first-order valence-electron chi connectivity index (χ1n) is 8.77. The van der Waals surface area contributed by atoms with Crippen molar-refractivity contribution in [3.63, 3.8) is 0 Å². The molecule has 2 aromatic rings. The van der Waals surface area contributed by atoms with Gasteiger partial charge in [-0.1, -0.05) is 26.0 Å². The first kappa shape index (κ1) is 20.0. The molecule has 1 unspecified atom stereocenters.